The average molecular weight is 549 g/mol. The third kappa shape index (κ3) is 5.77. The number of nitrogens with one attached hydrogen (secondary N) is 1. The van der Waals surface area contributed by atoms with Gasteiger partial charge in [0.25, 0.3) is 0 Å². The SMILES string of the molecule is CCNC(=NCc1cc(C#N)ccc1F)N1CC2OCCN(Cc3ccccc3)C2C1.I. The highest BCUT2D eigenvalue weighted by Crippen LogP contribution is 2.25. The second-order valence-electron chi connectivity index (χ2n) is 7.93. The summed E-state index contributed by atoms with van der Waals surface area (Å²) < 4.78 is 20.3. The fraction of sp³-hybridized carbons (Fsp3) is 0.417. The molecule has 8 heteroatoms. The summed E-state index contributed by atoms with van der Waals surface area (Å²) in [5.41, 5.74) is 2.16. The van der Waals surface area contributed by atoms with Crippen LogP contribution in [0.15, 0.2) is 53.5 Å². The first-order valence-electron chi connectivity index (χ1n) is 10.8. The first-order chi connectivity index (χ1) is 15.2. The average Bonchev–Trinajstić information content (AvgIpc) is 3.23. The Morgan fingerprint density at radius 2 is 2.06 bits per heavy atom. The summed E-state index contributed by atoms with van der Waals surface area (Å²) in [6.07, 6.45) is 0.125. The molecule has 32 heavy (non-hydrogen) atoms. The fourth-order valence-corrected chi connectivity index (χ4v) is 4.30. The van der Waals surface area contributed by atoms with E-state index in [0.29, 0.717) is 11.1 Å². The van der Waals surface area contributed by atoms with Crippen molar-refractivity contribution in [3.05, 3.63) is 71.0 Å². The number of hydrogen-bond acceptors (Lipinski definition) is 4. The Balaban J connectivity index is 0.00000289. The summed E-state index contributed by atoms with van der Waals surface area (Å²) in [6, 6.07) is 17.2. The number of guanidine groups is 1. The molecule has 0 radical (unpaired) electrons. The lowest BCUT2D eigenvalue weighted by molar-refractivity contribution is -0.0502. The van der Waals surface area contributed by atoms with E-state index in [0.717, 1.165) is 45.3 Å². The molecule has 2 saturated heterocycles. The lowest BCUT2D eigenvalue weighted by Gasteiger charge is -2.36. The maximum Gasteiger partial charge on any atom is 0.194 e. The van der Waals surface area contributed by atoms with Gasteiger partial charge in [-0.3, -0.25) is 4.90 Å². The van der Waals surface area contributed by atoms with E-state index < -0.39 is 0 Å². The molecule has 6 nitrogen and oxygen atoms in total. The van der Waals surface area contributed by atoms with Gasteiger partial charge in [0, 0.05) is 38.3 Å². The van der Waals surface area contributed by atoms with E-state index in [1.54, 1.807) is 6.07 Å². The van der Waals surface area contributed by atoms with E-state index >= 15 is 0 Å². The van der Waals surface area contributed by atoms with Crippen LogP contribution in [0.1, 0.15) is 23.6 Å². The number of likely N-dealkylation sites (tertiary alicyclic amines) is 1. The van der Waals surface area contributed by atoms with Crippen LogP contribution in [0.3, 0.4) is 0 Å². The van der Waals surface area contributed by atoms with Crippen molar-refractivity contribution in [1.82, 2.24) is 15.1 Å². The highest BCUT2D eigenvalue weighted by Gasteiger charge is 2.41. The van der Waals surface area contributed by atoms with Crippen LogP contribution in [0.4, 0.5) is 4.39 Å². The second kappa shape index (κ2) is 11.6. The molecule has 0 aliphatic carbocycles. The zero-order valence-corrected chi connectivity index (χ0v) is 20.5. The van der Waals surface area contributed by atoms with Gasteiger partial charge in [-0.05, 0) is 30.7 Å². The number of ether oxygens (including phenoxy) is 1. The summed E-state index contributed by atoms with van der Waals surface area (Å²) >= 11 is 0. The Labute approximate surface area is 206 Å². The molecular weight excluding hydrogens is 520 g/mol. The summed E-state index contributed by atoms with van der Waals surface area (Å²) in [6.45, 7) is 7.02. The summed E-state index contributed by atoms with van der Waals surface area (Å²) in [7, 11) is 0. The van der Waals surface area contributed by atoms with Crippen LogP contribution in [0, 0.1) is 17.1 Å². The highest BCUT2D eigenvalue weighted by molar-refractivity contribution is 14.0. The van der Waals surface area contributed by atoms with Gasteiger partial charge in [0.15, 0.2) is 5.96 Å². The van der Waals surface area contributed by atoms with Crippen molar-refractivity contribution in [1.29, 1.82) is 5.26 Å². The predicted octanol–water partition coefficient (Wildman–Crippen LogP) is 3.37. The van der Waals surface area contributed by atoms with Crippen LogP contribution in [0.25, 0.3) is 0 Å². The number of morpholine rings is 1. The van der Waals surface area contributed by atoms with E-state index in [4.69, 9.17) is 10.00 Å². The lowest BCUT2D eigenvalue weighted by Crippen LogP contribution is -2.50. The monoisotopic (exact) mass is 549 g/mol. The van der Waals surface area contributed by atoms with Crippen LogP contribution in [0.5, 0.6) is 0 Å². The van der Waals surface area contributed by atoms with Crippen LogP contribution in [0.2, 0.25) is 0 Å². The molecule has 2 aromatic carbocycles. The largest absolute Gasteiger partial charge is 0.373 e. The molecule has 170 valence electrons. The quantitative estimate of drug-likeness (QED) is 0.352. The first-order valence-corrected chi connectivity index (χ1v) is 10.8. The van der Waals surface area contributed by atoms with E-state index in [1.165, 1.54) is 17.7 Å². The molecule has 2 aliphatic heterocycles. The fourth-order valence-electron chi connectivity index (χ4n) is 4.30. The Morgan fingerprint density at radius 3 is 2.81 bits per heavy atom. The van der Waals surface area contributed by atoms with Gasteiger partial charge >= 0.3 is 0 Å². The van der Waals surface area contributed by atoms with Crippen molar-refractivity contribution >= 4 is 29.9 Å². The third-order valence-corrected chi connectivity index (χ3v) is 5.85. The van der Waals surface area contributed by atoms with Crippen molar-refractivity contribution in [2.24, 2.45) is 4.99 Å². The Hall–Kier alpha value is -2.22. The molecule has 2 atom stereocenters. The van der Waals surface area contributed by atoms with Crippen molar-refractivity contribution < 1.29 is 9.13 Å². The Morgan fingerprint density at radius 1 is 1.25 bits per heavy atom. The molecule has 2 fully saturated rings. The van der Waals surface area contributed by atoms with Crippen LogP contribution >= 0.6 is 24.0 Å². The summed E-state index contributed by atoms with van der Waals surface area (Å²) in [5, 5.41) is 12.4. The highest BCUT2D eigenvalue weighted by atomic mass is 127. The van der Waals surface area contributed by atoms with Gasteiger partial charge < -0.3 is 15.0 Å². The number of benzene rings is 2. The molecule has 2 aliphatic rings. The molecule has 0 saturated carbocycles. The number of fused-ring (bicyclic) bond motifs is 1. The van der Waals surface area contributed by atoms with E-state index in [2.05, 4.69) is 50.4 Å². The zero-order chi connectivity index (χ0) is 21.6. The molecule has 0 aromatic heterocycles. The third-order valence-electron chi connectivity index (χ3n) is 5.85. The maximum atomic E-state index is 14.2. The number of hydrogen-bond donors (Lipinski definition) is 1. The normalized spacial score (nSPS) is 20.9. The summed E-state index contributed by atoms with van der Waals surface area (Å²) in [4.78, 5) is 9.37. The number of aliphatic imine (C=N–C) groups is 1. The van der Waals surface area contributed by atoms with Gasteiger partial charge in [-0.15, -0.1) is 24.0 Å². The molecule has 1 N–H and O–H groups in total. The standard InChI is InChI=1S/C24H28FN5O.HI/c1-2-27-24(28-14-20-12-19(13-26)8-9-21(20)25)30-16-22-23(17-30)31-11-10-29(22)15-18-6-4-3-5-7-18;/h3-9,12,22-23H,2,10-11,14-17H2,1H3,(H,27,28);1H. The van der Waals surface area contributed by atoms with Crippen molar-refractivity contribution in [2.45, 2.75) is 32.2 Å². The number of halogens is 2. The van der Waals surface area contributed by atoms with Gasteiger partial charge in [0.1, 0.15) is 5.82 Å². The van der Waals surface area contributed by atoms with Crippen LogP contribution < -0.4 is 5.32 Å². The van der Waals surface area contributed by atoms with Crippen molar-refractivity contribution in [3.63, 3.8) is 0 Å². The second-order valence-corrected chi connectivity index (χ2v) is 7.93. The molecular formula is C24H29FIN5O. The minimum absolute atomic E-state index is 0. The van der Waals surface area contributed by atoms with Gasteiger partial charge in [-0.25, -0.2) is 9.38 Å². The number of rotatable bonds is 5. The molecule has 0 spiro atoms. The molecule has 0 bridgehead atoms. The van der Waals surface area contributed by atoms with E-state index in [9.17, 15) is 4.39 Å². The molecule has 4 rings (SSSR count). The van der Waals surface area contributed by atoms with E-state index in [-0.39, 0.29) is 48.5 Å². The van der Waals surface area contributed by atoms with Gasteiger partial charge in [-0.2, -0.15) is 5.26 Å². The molecule has 2 heterocycles. The predicted molar refractivity (Wildman–Crippen MR) is 133 cm³/mol. The van der Waals surface area contributed by atoms with Gasteiger partial charge in [0.2, 0.25) is 0 Å². The minimum atomic E-state index is -0.342. The molecule has 2 aromatic rings. The van der Waals surface area contributed by atoms with Crippen molar-refractivity contribution in [2.75, 3.05) is 32.8 Å². The first kappa shape index (κ1) is 24.4. The smallest absolute Gasteiger partial charge is 0.194 e. The zero-order valence-electron chi connectivity index (χ0n) is 18.2. The Bertz CT molecular complexity index is 965. The van der Waals surface area contributed by atoms with Gasteiger partial charge in [-0.1, -0.05) is 30.3 Å². The van der Waals surface area contributed by atoms with E-state index in [1.807, 2.05) is 13.0 Å². The lowest BCUT2D eigenvalue weighted by atomic mass is 10.1. The van der Waals surface area contributed by atoms with Crippen molar-refractivity contribution in [3.8, 4) is 6.07 Å². The minimum Gasteiger partial charge on any atom is -0.373 e. The Kier molecular flexibility index (Phi) is 8.84. The topological polar surface area (TPSA) is 63.9 Å². The molecule has 0 amide bonds. The number of nitrogens with zero attached hydrogens (tertiary/aromatic N) is 4. The molecule has 2 unspecified atom stereocenters. The number of nitriles is 1. The van der Waals surface area contributed by atoms with Crippen LogP contribution in [-0.4, -0.2) is 60.7 Å². The van der Waals surface area contributed by atoms with Crippen LogP contribution in [-0.2, 0) is 17.8 Å². The maximum absolute atomic E-state index is 14.2. The summed E-state index contributed by atoms with van der Waals surface area (Å²) in [5.74, 6) is 0.410. The van der Waals surface area contributed by atoms with Gasteiger partial charge in [0.05, 0.1) is 36.9 Å².